The Morgan fingerprint density at radius 2 is 2.12 bits per heavy atom. The molecule has 0 amide bonds. The fourth-order valence-electron chi connectivity index (χ4n) is 3.55. The second-order valence-electron chi connectivity index (χ2n) is 6.99. The summed E-state index contributed by atoms with van der Waals surface area (Å²) in [5.41, 5.74) is 3.06. The predicted molar refractivity (Wildman–Crippen MR) is 112 cm³/mol. The lowest BCUT2D eigenvalue weighted by molar-refractivity contribution is 0.700. The zero-order chi connectivity index (χ0) is 18.0. The van der Waals surface area contributed by atoms with Crippen molar-refractivity contribution in [2.75, 3.05) is 5.32 Å². The summed E-state index contributed by atoms with van der Waals surface area (Å²) in [5.74, 6) is 1.05. The van der Waals surface area contributed by atoms with Gasteiger partial charge in [-0.15, -0.1) is 0 Å². The number of H-pyrrole nitrogens is 1. The molecule has 2 aromatic carbocycles. The van der Waals surface area contributed by atoms with Gasteiger partial charge in [-0.05, 0) is 23.9 Å². The van der Waals surface area contributed by atoms with Crippen LogP contribution in [-0.4, -0.2) is 15.0 Å². The molecule has 0 fully saturated rings. The maximum atomic E-state index is 6.79. The van der Waals surface area contributed by atoms with E-state index in [2.05, 4.69) is 53.6 Å². The number of aryl methyl sites for hydroxylation is 1. The van der Waals surface area contributed by atoms with E-state index >= 15 is 0 Å². The number of rotatable bonds is 6. The van der Waals surface area contributed by atoms with Gasteiger partial charge in [-0.3, -0.25) is 0 Å². The van der Waals surface area contributed by atoms with E-state index < -0.39 is 5.00 Å². The van der Waals surface area contributed by atoms with Gasteiger partial charge >= 0.3 is 0 Å². The number of nitrogens with one attached hydrogen (secondary N) is 2. The number of allylic oxidation sites excluding steroid dienone is 2. The van der Waals surface area contributed by atoms with Gasteiger partial charge < -0.3 is 10.3 Å². The lowest BCUT2D eigenvalue weighted by Crippen LogP contribution is -2.29. The third kappa shape index (κ3) is 3.36. The van der Waals surface area contributed by atoms with Gasteiger partial charge in [-0.2, -0.15) is 0 Å². The van der Waals surface area contributed by atoms with Crippen molar-refractivity contribution in [1.82, 2.24) is 9.97 Å². The molecule has 1 heterocycles. The van der Waals surface area contributed by atoms with Gasteiger partial charge in [0.05, 0.1) is 16.7 Å². The Kier molecular flexibility index (Phi) is 4.73. The molecule has 2 N–H and O–H groups in total. The summed E-state index contributed by atoms with van der Waals surface area (Å²) in [6, 6.07) is 10.6. The van der Waals surface area contributed by atoms with E-state index in [4.69, 9.17) is 16.6 Å². The fraction of sp³-hybridized carbons (Fsp3) is 0.318. The van der Waals surface area contributed by atoms with Crippen molar-refractivity contribution in [3.05, 3.63) is 60.5 Å². The van der Waals surface area contributed by atoms with Crippen molar-refractivity contribution >= 4 is 39.1 Å². The molecule has 1 atom stereocenters. The van der Waals surface area contributed by atoms with Crippen molar-refractivity contribution in [1.29, 1.82) is 0 Å². The van der Waals surface area contributed by atoms with Crippen molar-refractivity contribution in [3.63, 3.8) is 0 Å². The largest absolute Gasteiger partial charge is 0.362 e. The molecule has 1 unspecified atom stereocenters. The zero-order valence-corrected chi connectivity index (χ0v) is 15.8. The van der Waals surface area contributed by atoms with Gasteiger partial charge in [-0.25, -0.2) is 4.98 Å². The number of hydrogen-bond acceptors (Lipinski definition) is 2. The highest BCUT2D eigenvalue weighted by Gasteiger charge is 2.25. The van der Waals surface area contributed by atoms with Crippen LogP contribution in [0.4, 0.5) is 5.69 Å². The quantitative estimate of drug-likeness (QED) is 0.305. The lowest BCUT2D eigenvalue weighted by Gasteiger charge is -2.27. The topological polar surface area (TPSA) is 40.7 Å². The number of benzene rings is 2. The molecule has 0 radical (unpaired) electrons. The van der Waals surface area contributed by atoms with E-state index in [1.165, 1.54) is 23.6 Å². The number of unbranched alkanes of at least 4 members (excludes halogenated alkanes) is 2. The second kappa shape index (κ2) is 7.16. The Bertz CT molecular complexity index is 986. The molecule has 0 bridgehead atoms. The standard InChI is InChI=1S/C22H24ClN3/c1-2-3-5-12-19-24-20-17-11-7-6-10-16(17)15-18(21(20)25-19)26-22(23)13-8-4-9-14-22/h4,6-11,13,15,26H,2-3,5,12,14H2,1H3,(H,24,25). The van der Waals surface area contributed by atoms with E-state index in [0.29, 0.717) is 0 Å². The first-order valence-corrected chi connectivity index (χ1v) is 9.78. The van der Waals surface area contributed by atoms with E-state index in [1.807, 2.05) is 18.2 Å². The maximum absolute atomic E-state index is 6.79. The summed E-state index contributed by atoms with van der Waals surface area (Å²) in [6.45, 7) is 2.22. The highest BCUT2D eigenvalue weighted by atomic mass is 35.5. The average molecular weight is 366 g/mol. The number of fused-ring (bicyclic) bond motifs is 3. The van der Waals surface area contributed by atoms with Crippen LogP contribution in [0.3, 0.4) is 0 Å². The summed E-state index contributed by atoms with van der Waals surface area (Å²) in [6.07, 6.45) is 13.4. The minimum absolute atomic E-state index is 0.600. The smallest absolute Gasteiger partial charge is 0.135 e. The molecule has 0 spiro atoms. The van der Waals surface area contributed by atoms with Crippen LogP contribution in [-0.2, 0) is 6.42 Å². The predicted octanol–water partition coefficient (Wildman–Crippen LogP) is 6.31. The normalized spacial score (nSPS) is 19.5. The number of aromatic nitrogens is 2. The van der Waals surface area contributed by atoms with Crippen LogP contribution in [0.25, 0.3) is 21.8 Å². The summed E-state index contributed by atoms with van der Waals surface area (Å²) >= 11 is 6.79. The van der Waals surface area contributed by atoms with Crippen LogP contribution in [0, 0.1) is 0 Å². The molecule has 1 aliphatic carbocycles. The number of anilines is 1. The minimum atomic E-state index is -0.600. The van der Waals surface area contributed by atoms with E-state index in [9.17, 15) is 0 Å². The van der Waals surface area contributed by atoms with Gasteiger partial charge in [0, 0.05) is 18.2 Å². The maximum Gasteiger partial charge on any atom is 0.135 e. The first-order chi connectivity index (χ1) is 12.7. The Hall–Kier alpha value is -2.26. The number of alkyl halides is 1. The molecule has 4 heteroatoms. The molecule has 134 valence electrons. The average Bonchev–Trinajstić information content (AvgIpc) is 3.07. The number of aromatic amines is 1. The zero-order valence-electron chi connectivity index (χ0n) is 15.1. The Labute approximate surface area is 159 Å². The molecule has 1 aliphatic rings. The SMILES string of the molecule is CCCCCc1nc2c([nH]1)c(NC1(Cl)C=CC=CC1)cc1ccccc12. The highest BCUT2D eigenvalue weighted by molar-refractivity contribution is 6.27. The van der Waals surface area contributed by atoms with Gasteiger partial charge in [-0.1, -0.05) is 73.9 Å². The molecule has 0 aliphatic heterocycles. The van der Waals surface area contributed by atoms with E-state index in [0.717, 1.165) is 41.8 Å². The van der Waals surface area contributed by atoms with Gasteiger partial charge in [0.15, 0.2) is 0 Å². The Morgan fingerprint density at radius 1 is 1.23 bits per heavy atom. The van der Waals surface area contributed by atoms with Gasteiger partial charge in [0.2, 0.25) is 0 Å². The molecule has 3 nitrogen and oxygen atoms in total. The Morgan fingerprint density at radius 3 is 2.92 bits per heavy atom. The van der Waals surface area contributed by atoms with Crippen molar-refractivity contribution in [3.8, 4) is 0 Å². The van der Waals surface area contributed by atoms with Crippen LogP contribution in [0.15, 0.2) is 54.6 Å². The number of imidazole rings is 1. The first kappa shape index (κ1) is 17.2. The molecule has 1 aromatic heterocycles. The highest BCUT2D eigenvalue weighted by Crippen LogP contribution is 2.35. The fourth-order valence-corrected chi connectivity index (χ4v) is 3.81. The first-order valence-electron chi connectivity index (χ1n) is 9.40. The van der Waals surface area contributed by atoms with Gasteiger partial charge in [0.1, 0.15) is 10.8 Å². The van der Waals surface area contributed by atoms with E-state index in [-0.39, 0.29) is 0 Å². The van der Waals surface area contributed by atoms with Crippen LogP contribution in [0.5, 0.6) is 0 Å². The van der Waals surface area contributed by atoms with Crippen molar-refractivity contribution in [2.24, 2.45) is 0 Å². The van der Waals surface area contributed by atoms with Crippen LogP contribution < -0.4 is 5.32 Å². The monoisotopic (exact) mass is 365 g/mol. The van der Waals surface area contributed by atoms with Crippen molar-refractivity contribution in [2.45, 2.75) is 44.0 Å². The van der Waals surface area contributed by atoms with E-state index in [1.54, 1.807) is 0 Å². The third-order valence-electron chi connectivity index (χ3n) is 4.92. The van der Waals surface area contributed by atoms with Crippen molar-refractivity contribution < 1.29 is 0 Å². The summed E-state index contributed by atoms with van der Waals surface area (Å²) in [5, 5.41) is 5.87. The molecule has 26 heavy (non-hydrogen) atoms. The molecular weight excluding hydrogens is 342 g/mol. The number of hydrogen-bond donors (Lipinski definition) is 2. The molecule has 3 aromatic rings. The third-order valence-corrected chi connectivity index (χ3v) is 5.29. The van der Waals surface area contributed by atoms with Crippen LogP contribution in [0.2, 0.25) is 0 Å². The minimum Gasteiger partial charge on any atom is -0.362 e. The number of halogens is 1. The second-order valence-corrected chi connectivity index (χ2v) is 7.66. The molecular formula is C22H24ClN3. The lowest BCUT2D eigenvalue weighted by atomic mass is 10.0. The summed E-state index contributed by atoms with van der Waals surface area (Å²) in [4.78, 5) is 7.87. The Balaban J connectivity index is 1.79. The van der Waals surface area contributed by atoms with Gasteiger partial charge in [0.25, 0.3) is 0 Å². The summed E-state index contributed by atoms with van der Waals surface area (Å²) in [7, 11) is 0. The number of nitrogens with zero attached hydrogens (tertiary/aromatic N) is 1. The molecule has 0 saturated heterocycles. The molecule has 0 saturated carbocycles. The summed E-state index contributed by atoms with van der Waals surface area (Å²) < 4.78 is 0. The van der Waals surface area contributed by atoms with Crippen LogP contribution in [0.1, 0.15) is 38.4 Å². The molecule has 4 rings (SSSR count). The van der Waals surface area contributed by atoms with Crippen LogP contribution >= 0.6 is 11.6 Å².